The molecule has 1 aromatic heterocycles. The zero-order chi connectivity index (χ0) is 12.3. The summed E-state index contributed by atoms with van der Waals surface area (Å²) in [4.78, 5) is 14.8. The molecule has 0 bridgehead atoms. The van der Waals surface area contributed by atoms with Crippen molar-refractivity contribution < 1.29 is 18.3 Å². The van der Waals surface area contributed by atoms with Crippen LogP contribution in [0.5, 0.6) is 0 Å². The molecule has 1 aromatic rings. The number of carbonyl (C=O) groups excluding carboxylic acids is 1. The molecule has 0 aliphatic heterocycles. The summed E-state index contributed by atoms with van der Waals surface area (Å²) in [6.45, 7) is -0.0833. The van der Waals surface area contributed by atoms with Gasteiger partial charge in [-0.25, -0.2) is 18.6 Å². The maximum Gasteiger partial charge on any atom is 0.339 e. The number of nitrogens with zero attached hydrogens (tertiary/aromatic N) is 1. The molecule has 0 amide bonds. The van der Waals surface area contributed by atoms with Gasteiger partial charge in [0.1, 0.15) is 5.69 Å². The first-order valence-corrected chi connectivity index (χ1v) is 4.64. The van der Waals surface area contributed by atoms with Crippen molar-refractivity contribution in [3.8, 4) is 0 Å². The van der Waals surface area contributed by atoms with Crippen LogP contribution in [0.15, 0.2) is 6.07 Å². The third-order valence-corrected chi connectivity index (χ3v) is 2.21. The second-order valence-corrected chi connectivity index (χ2v) is 3.25. The van der Waals surface area contributed by atoms with Gasteiger partial charge in [-0.15, -0.1) is 0 Å². The van der Waals surface area contributed by atoms with Crippen LogP contribution in [0.1, 0.15) is 28.2 Å². The van der Waals surface area contributed by atoms with Gasteiger partial charge in [0.15, 0.2) is 0 Å². The SMILES string of the molecule is COC(=O)c1cc(Cl)c(CN)nc1C(F)F. The van der Waals surface area contributed by atoms with Crippen LogP contribution in [0.2, 0.25) is 5.02 Å². The van der Waals surface area contributed by atoms with Crippen LogP contribution < -0.4 is 5.73 Å². The number of rotatable bonds is 3. The predicted molar refractivity (Wildman–Crippen MR) is 53.4 cm³/mol. The number of pyridine rings is 1. The lowest BCUT2D eigenvalue weighted by atomic mass is 10.1. The van der Waals surface area contributed by atoms with E-state index in [4.69, 9.17) is 17.3 Å². The van der Waals surface area contributed by atoms with Crippen molar-refractivity contribution in [2.45, 2.75) is 13.0 Å². The summed E-state index contributed by atoms with van der Waals surface area (Å²) in [5.41, 5.74) is 4.37. The molecule has 7 heteroatoms. The molecule has 1 rings (SSSR count). The van der Waals surface area contributed by atoms with Crippen molar-refractivity contribution in [1.29, 1.82) is 0 Å². The van der Waals surface area contributed by atoms with Gasteiger partial charge in [-0.3, -0.25) is 0 Å². The average Bonchev–Trinajstić information content (AvgIpc) is 2.27. The summed E-state index contributed by atoms with van der Waals surface area (Å²) in [7, 11) is 1.09. The van der Waals surface area contributed by atoms with Gasteiger partial charge in [0, 0.05) is 6.54 Å². The standard InChI is InChI=1S/C9H9ClF2N2O2/c1-16-9(15)4-2-5(10)6(3-13)14-7(4)8(11)12/h2,8H,3,13H2,1H3. The summed E-state index contributed by atoms with van der Waals surface area (Å²) in [6.07, 6.45) is -2.89. The van der Waals surface area contributed by atoms with E-state index in [1.165, 1.54) is 0 Å². The monoisotopic (exact) mass is 250 g/mol. The minimum atomic E-state index is -2.89. The van der Waals surface area contributed by atoms with Crippen molar-refractivity contribution in [2.75, 3.05) is 7.11 Å². The lowest BCUT2D eigenvalue weighted by Gasteiger charge is -2.09. The van der Waals surface area contributed by atoms with Gasteiger partial charge in [-0.05, 0) is 6.07 Å². The van der Waals surface area contributed by atoms with E-state index in [1.807, 2.05) is 0 Å². The first kappa shape index (κ1) is 12.8. The Labute approximate surface area is 95.4 Å². The van der Waals surface area contributed by atoms with Gasteiger partial charge in [-0.2, -0.15) is 0 Å². The van der Waals surface area contributed by atoms with Crippen molar-refractivity contribution in [3.05, 3.63) is 28.0 Å². The van der Waals surface area contributed by atoms with Crippen molar-refractivity contribution in [3.63, 3.8) is 0 Å². The predicted octanol–water partition coefficient (Wildman–Crippen LogP) is 1.92. The van der Waals surface area contributed by atoms with E-state index >= 15 is 0 Å². The Hall–Kier alpha value is -1.27. The summed E-state index contributed by atoms with van der Waals surface area (Å²) in [5, 5.41) is 0.0623. The molecule has 88 valence electrons. The molecule has 0 unspecified atom stereocenters. The number of alkyl halides is 2. The van der Waals surface area contributed by atoms with E-state index in [0.717, 1.165) is 13.2 Å². The van der Waals surface area contributed by atoms with E-state index in [9.17, 15) is 13.6 Å². The van der Waals surface area contributed by atoms with Gasteiger partial charge in [0.25, 0.3) is 6.43 Å². The van der Waals surface area contributed by atoms with Crippen molar-refractivity contribution in [1.82, 2.24) is 4.98 Å². The van der Waals surface area contributed by atoms with Crippen LogP contribution in [0.4, 0.5) is 8.78 Å². The molecule has 16 heavy (non-hydrogen) atoms. The summed E-state index contributed by atoms with van der Waals surface area (Å²) in [5.74, 6) is -0.909. The Morgan fingerprint density at radius 1 is 1.69 bits per heavy atom. The Balaban J connectivity index is 3.36. The maximum atomic E-state index is 12.6. The van der Waals surface area contributed by atoms with Crippen LogP contribution in [-0.2, 0) is 11.3 Å². The van der Waals surface area contributed by atoms with Gasteiger partial charge >= 0.3 is 5.97 Å². The first-order chi connectivity index (χ1) is 7.51. The number of hydrogen-bond donors (Lipinski definition) is 1. The first-order valence-electron chi connectivity index (χ1n) is 4.27. The van der Waals surface area contributed by atoms with Gasteiger partial charge < -0.3 is 10.5 Å². The van der Waals surface area contributed by atoms with Crippen LogP contribution in [0.25, 0.3) is 0 Å². The molecule has 0 atom stereocenters. The Morgan fingerprint density at radius 3 is 2.75 bits per heavy atom. The van der Waals surface area contributed by atoms with E-state index < -0.39 is 18.1 Å². The largest absolute Gasteiger partial charge is 0.465 e. The topological polar surface area (TPSA) is 65.2 Å². The molecule has 2 N–H and O–H groups in total. The Kier molecular flexibility index (Phi) is 4.14. The van der Waals surface area contributed by atoms with Crippen molar-refractivity contribution in [2.24, 2.45) is 5.73 Å². The normalized spacial score (nSPS) is 10.6. The average molecular weight is 251 g/mol. The van der Waals surface area contributed by atoms with E-state index in [-0.39, 0.29) is 22.8 Å². The molecule has 0 saturated heterocycles. The Morgan fingerprint density at radius 2 is 2.31 bits per heavy atom. The maximum absolute atomic E-state index is 12.6. The highest BCUT2D eigenvalue weighted by Gasteiger charge is 2.22. The molecule has 0 saturated carbocycles. The summed E-state index contributed by atoms with van der Waals surface area (Å²) < 4.78 is 29.6. The minimum absolute atomic E-state index is 0.0623. The minimum Gasteiger partial charge on any atom is -0.465 e. The molecule has 1 heterocycles. The van der Waals surface area contributed by atoms with Crippen LogP contribution in [0, 0.1) is 0 Å². The Bertz CT molecular complexity index is 413. The lowest BCUT2D eigenvalue weighted by Crippen LogP contribution is -2.12. The molecule has 0 radical (unpaired) electrons. The molecule has 0 spiro atoms. The van der Waals surface area contributed by atoms with Gasteiger partial charge in [0.05, 0.1) is 23.4 Å². The third kappa shape index (κ3) is 2.45. The highest BCUT2D eigenvalue weighted by Crippen LogP contribution is 2.26. The van der Waals surface area contributed by atoms with E-state index in [1.54, 1.807) is 0 Å². The molecule has 0 aromatic carbocycles. The molecule has 4 nitrogen and oxygen atoms in total. The summed E-state index contributed by atoms with van der Waals surface area (Å²) >= 11 is 5.71. The van der Waals surface area contributed by atoms with Crippen LogP contribution in [-0.4, -0.2) is 18.1 Å². The number of carbonyl (C=O) groups is 1. The third-order valence-electron chi connectivity index (χ3n) is 1.88. The fourth-order valence-electron chi connectivity index (χ4n) is 1.13. The quantitative estimate of drug-likeness (QED) is 0.833. The molecule has 0 aliphatic rings. The number of hydrogen-bond acceptors (Lipinski definition) is 4. The fourth-order valence-corrected chi connectivity index (χ4v) is 1.35. The molecule has 0 aliphatic carbocycles. The van der Waals surface area contributed by atoms with Crippen LogP contribution >= 0.6 is 11.6 Å². The number of halogens is 3. The number of methoxy groups -OCH3 is 1. The van der Waals surface area contributed by atoms with Crippen LogP contribution in [0.3, 0.4) is 0 Å². The van der Waals surface area contributed by atoms with E-state index in [0.29, 0.717) is 0 Å². The van der Waals surface area contributed by atoms with Gasteiger partial charge in [0.2, 0.25) is 0 Å². The molecular weight excluding hydrogens is 242 g/mol. The van der Waals surface area contributed by atoms with Gasteiger partial charge in [-0.1, -0.05) is 11.6 Å². The highest BCUT2D eigenvalue weighted by atomic mass is 35.5. The number of aromatic nitrogens is 1. The van der Waals surface area contributed by atoms with E-state index in [2.05, 4.69) is 9.72 Å². The second kappa shape index (κ2) is 5.18. The molecular formula is C9H9ClF2N2O2. The molecule has 0 fully saturated rings. The smallest absolute Gasteiger partial charge is 0.339 e. The zero-order valence-electron chi connectivity index (χ0n) is 8.34. The second-order valence-electron chi connectivity index (χ2n) is 2.85. The number of esters is 1. The summed E-state index contributed by atoms with van der Waals surface area (Å²) in [6, 6.07) is 1.09. The fraction of sp³-hybridized carbons (Fsp3) is 0.333. The van der Waals surface area contributed by atoms with Crippen molar-refractivity contribution >= 4 is 17.6 Å². The zero-order valence-corrected chi connectivity index (χ0v) is 9.09. The lowest BCUT2D eigenvalue weighted by molar-refractivity contribution is 0.0587. The number of nitrogens with two attached hydrogens (primary N) is 1. The number of ether oxygens (including phenoxy) is 1. The highest BCUT2D eigenvalue weighted by molar-refractivity contribution is 6.31.